The van der Waals surface area contributed by atoms with Crippen LogP contribution in [0.1, 0.15) is 20.3 Å². The lowest BCUT2D eigenvalue weighted by Crippen LogP contribution is -2.42. The van der Waals surface area contributed by atoms with Crippen LogP contribution < -0.4 is 0 Å². The number of sulfonamides is 1. The Morgan fingerprint density at radius 2 is 1.64 bits per heavy atom. The normalized spacial score (nSPS) is 24.4. The Bertz CT molecular complexity index is 764. The molecule has 0 N–H and O–H groups in total. The standard InChI is InChI=1S/C14H20ClNO4S2/c1-10-6-11(2)9-16(8-10)22(19,20)14-7-12(21(3,17)18)4-5-13(14)15/h4-5,7,10-11H,6,8-9H2,1-3H3/t10-,11-/m1/s1. The van der Waals surface area contributed by atoms with Gasteiger partial charge in [0, 0.05) is 19.3 Å². The van der Waals surface area contributed by atoms with E-state index < -0.39 is 19.9 Å². The summed E-state index contributed by atoms with van der Waals surface area (Å²) >= 11 is 6.02. The smallest absolute Gasteiger partial charge is 0.224 e. The van der Waals surface area contributed by atoms with Crippen LogP contribution in [0.5, 0.6) is 0 Å². The molecule has 1 heterocycles. The van der Waals surface area contributed by atoms with Crippen molar-refractivity contribution in [2.24, 2.45) is 11.8 Å². The number of piperidine rings is 1. The van der Waals surface area contributed by atoms with Crippen molar-refractivity contribution >= 4 is 31.5 Å². The minimum atomic E-state index is -3.80. The lowest BCUT2D eigenvalue weighted by molar-refractivity contribution is 0.222. The fourth-order valence-electron chi connectivity index (χ4n) is 2.85. The highest BCUT2D eigenvalue weighted by Gasteiger charge is 2.33. The number of rotatable bonds is 3. The molecule has 124 valence electrons. The molecule has 0 unspecified atom stereocenters. The van der Waals surface area contributed by atoms with Crippen LogP contribution in [0.25, 0.3) is 0 Å². The molecule has 0 aliphatic carbocycles. The summed E-state index contributed by atoms with van der Waals surface area (Å²) in [6, 6.07) is 3.79. The Labute approximate surface area is 137 Å². The van der Waals surface area contributed by atoms with Crippen molar-refractivity contribution in [1.82, 2.24) is 4.31 Å². The molecule has 0 bridgehead atoms. The zero-order chi connectivity index (χ0) is 16.7. The monoisotopic (exact) mass is 365 g/mol. The second kappa shape index (κ2) is 6.11. The van der Waals surface area contributed by atoms with E-state index in [0.717, 1.165) is 18.7 Å². The molecule has 2 atom stereocenters. The topological polar surface area (TPSA) is 71.5 Å². The first-order chi connectivity index (χ1) is 10.0. The van der Waals surface area contributed by atoms with Crippen molar-refractivity contribution in [3.63, 3.8) is 0 Å². The fraction of sp³-hybridized carbons (Fsp3) is 0.571. The molecule has 0 spiro atoms. The molecule has 0 amide bonds. The maximum Gasteiger partial charge on any atom is 0.244 e. The highest BCUT2D eigenvalue weighted by molar-refractivity contribution is 7.91. The second-order valence-electron chi connectivity index (χ2n) is 6.13. The number of benzene rings is 1. The van der Waals surface area contributed by atoms with Gasteiger partial charge in [-0.15, -0.1) is 0 Å². The van der Waals surface area contributed by atoms with Crippen LogP contribution >= 0.6 is 11.6 Å². The van der Waals surface area contributed by atoms with E-state index in [9.17, 15) is 16.8 Å². The zero-order valence-corrected chi connectivity index (χ0v) is 15.2. The first kappa shape index (κ1) is 17.7. The van der Waals surface area contributed by atoms with Crippen molar-refractivity contribution in [2.75, 3.05) is 19.3 Å². The zero-order valence-electron chi connectivity index (χ0n) is 12.8. The van der Waals surface area contributed by atoms with Gasteiger partial charge in [0.05, 0.1) is 9.92 Å². The van der Waals surface area contributed by atoms with Crippen molar-refractivity contribution in [2.45, 2.75) is 30.1 Å². The molecule has 22 heavy (non-hydrogen) atoms. The number of hydrogen-bond donors (Lipinski definition) is 0. The van der Waals surface area contributed by atoms with E-state index in [4.69, 9.17) is 11.6 Å². The summed E-state index contributed by atoms with van der Waals surface area (Å²) < 4.78 is 50.4. The maximum absolute atomic E-state index is 12.8. The molecule has 1 aliphatic rings. The SMILES string of the molecule is C[C@@H]1C[C@@H](C)CN(S(=O)(=O)c2cc(S(C)(=O)=O)ccc2Cl)C1. The Hall–Kier alpha value is -0.630. The van der Waals surface area contributed by atoms with Gasteiger partial charge in [0.15, 0.2) is 9.84 Å². The Balaban J connectivity index is 2.49. The van der Waals surface area contributed by atoms with E-state index in [-0.39, 0.29) is 26.6 Å². The van der Waals surface area contributed by atoms with E-state index in [2.05, 4.69) is 0 Å². The quantitative estimate of drug-likeness (QED) is 0.824. The van der Waals surface area contributed by atoms with Gasteiger partial charge >= 0.3 is 0 Å². The largest absolute Gasteiger partial charge is 0.244 e. The lowest BCUT2D eigenvalue weighted by Gasteiger charge is -2.34. The number of halogens is 1. The third-order valence-electron chi connectivity index (χ3n) is 3.78. The van der Waals surface area contributed by atoms with Gasteiger partial charge in [-0.1, -0.05) is 25.4 Å². The van der Waals surface area contributed by atoms with Crippen LogP contribution in [0.15, 0.2) is 28.0 Å². The number of hydrogen-bond acceptors (Lipinski definition) is 4. The van der Waals surface area contributed by atoms with Crippen molar-refractivity contribution < 1.29 is 16.8 Å². The van der Waals surface area contributed by atoms with Crippen LogP contribution in [0, 0.1) is 11.8 Å². The van der Waals surface area contributed by atoms with Crippen molar-refractivity contribution in [3.8, 4) is 0 Å². The van der Waals surface area contributed by atoms with Gasteiger partial charge in [0.25, 0.3) is 0 Å². The van der Waals surface area contributed by atoms with Crippen LogP contribution in [-0.2, 0) is 19.9 Å². The molecule has 1 aromatic carbocycles. The van der Waals surface area contributed by atoms with Gasteiger partial charge in [-0.25, -0.2) is 16.8 Å². The summed E-state index contributed by atoms with van der Waals surface area (Å²) in [5.41, 5.74) is 0. The molecule has 1 saturated heterocycles. The number of nitrogens with zero attached hydrogens (tertiary/aromatic N) is 1. The molecule has 1 aromatic rings. The summed E-state index contributed by atoms with van der Waals surface area (Å²) in [6.07, 6.45) is 2.01. The highest BCUT2D eigenvalue weighted by atomic mass is 35.5. The first-order valence-corrected chi connectivity index (χ1v) is 10.7. The fourth-order valence-corrected chi connectivity index (χ4v) is 5.75. The van der Waals surface area contributed by atoms with E-state index in [1.807, 2.05) is 13.8 Å². The summed E-state index contributed by atoms with van der Waals surface area (Å²) in [4.78, 5) is -0.188. The maximum atomic E-state index is 12.8. The van der Waals surface area contributed by atoms with Gasteiger partial charge in [-0.2, -0.15) is 4.31 Å². The Morgan fingerprint density at radius 1 is 1.09 bits per heavy atom. The molecule has 1 fully saturated rings. The molecular formula is C14H20ClNO4S2. The van der Waals surface area contributed by atoms with Crippen LogP contribution in [0.3, 0.4) is 0 Å². The third-order valence-corrected chi connectivity index (χ3v) is 7.21. The predicted octanol–water partition coefficient (Wildman–Crippen LogP) is 2.41. The van der Waals surface area contributed by atoms with Crippen molar-refractivity contribution in [1.29, 1.82) is 0 Å². The molecule has 0 radical (unpaired) electrons. The molecule has 2 rings (SSSR count). The summed E-state index contributed by atoms with van der Waals surface area (Å²) in [7, 11) is -7.30. The van der Waals surface area contributed by atoms with Crippen LogP contribution in [0.4, 0.5) is 0 Å². The lowest BCUT2D eigenvalue weighted by atomic mass is 9.94. The predicted molar refractivity (Wildman–Crippen MR) is 86.3 cm³/mol. The molecular weight excluding hydrogens is 346 g/mol. The van der Waals surface area contributed by atoms with E-state index in [1.54, 1.807) is 0 Å². The Kier molecular flexibility index (Phi) is 4.92. The average molecular weight is 366 g/mol. The third kappa shape index (κ3) is 3.64. The minimum Gasteiger partial charge on any atom is -0.224 e. The summed E-state index contributed by atoms with van der Waals surface area (Å²) in [5.74, 6) is 0.519. The second-order valence-corrected chi connectivity index (χ2v) is 10.5. The average Bonchev–Trinajstić information content (AvgIpc) is 2.36. The highest BCUT2D eigenvalue weighted by Crippen LogP contribution is 2.31. The minimum absolute atomic E-state index is 0.0401. The van der Waals surface area contributed by atoms with Gasteiger partial charge in [0.2, 0.25) is 10.0 Å². The van der Waals surface area contributed by atoms with Crippen LogP contribution in [-0.4, -0.2) is 40.5 Å². The molecule has 8 heteroatoms. The van der Waals surface area contributed by atoms with Crippen LogP contribution in [0.2, 0.25) is 5.02 Å². The van der Waals surface area contributed by atoms with Gasteiger partial charge < -0.3 is 0 Å². The van der Waals surface area contributed by atoms with Gasteiger partial charge in [0.1, 0.15) is 4.90 Å². The van der Waals surface area contributed by atoms with Gasteiger partial charge in [-0.3, -0.25) is 0 Å². The summed E-state index contributed by atoms with van der Waals surface area (Å²) in [5, 5.41) is 0.0401. The number of sulfone groups is 1. The molecule has 0 aromatic heterocycles. The molecule has 5 nitrogen and oxygen atoms in total. The van der Waals surface area contributed by atoms with E-state index in [0.29, 0.717) is 13.1 Å². The molecule has 1 aliphatic heterocycles. The van der Waals surface area contributed by atoms with Crippen molar-refractivity contribution in [3.05, 3.63) is 23.2 Å². The summed E-state index contributed by atoms with van der Waals surface area (Å²) in [6.45, 7) is 4.86. The Morgan fingerprint density at radius 3 is 2.14 bits per heavy atom. The first-order valence-electron chi connectivity index (χ1n) is 7.01. The van der Waals surface area contributed by atoms with E-state index in [1.165, 1.54) is 16.4 Å². The van der Waals surface area contributed by atoms with Gasteiger partial charge in [-0.05, 0) is 36.5 Å². The van der Waals surface area contributed by atoms with E-state index >= 15 is 0 Å². The molecule has 0 saturated carbocycles.